The summed E-state index contributed by atoms with van der Waals surface area (Å²) < 4.78 is 10.8. The topological polar surface area (TPSA) is 56.3 Å². The third kappa shape index (κ3) is 3.93. The van der Waals surface area contributed by atoms with E-state index in [0.29, 0.717) is 31.5 Å². The molecule has 0 aliphatic rings. The monoisotopic (exact) mass is 273 g/mol. The van der Waals surface area contributed by atoms with E-state index in [1.54, 1.807) is 6.07 Å². The van der Waals surface area contributed by atoms with E-state index in [2.05, 4.69) is 15.3 Å². The Hall–Kier alpha value is -2.14. The molecule has 0 saturated heterocycles. The van der Waals surface area contributed by atoms with E-state index in [4.69, 9.17) is 9.47 Å². The molecule has 0 bridgehead atoms. The van der Waals surface area contributed by atoms with Crippen LogP contribution in [0.25, 0.3) is 11.4 Å². The number of nitrogens with zero attached hydrogens (tertiary/aromatic N) is 2. The minimum Gasteiger partial charge on any atom is -0.475 e. The van der Waals surface area contributed by atoms with Gasteiger partial charge in [0.1, 0.15) is 12.4 Å². The molecule has 2 aromatic rings. The molecule has 0 aliphatic carbocycles. The van der Waals surface area contributed by atoms with Gasteiger partial charge in [0.05, 0.1) is 6.61 Å². The average molecular weight is 273 g/mol. The average Bonchev–Trinajstić information content (AvgIpc) is 2.52. The molecule has 0 saturated carbocycles. The Morgan fingerprint density at radius 1 is 1.10 bits per heavy atom. The first-order chi connectivity index (χ1) is 9.83. The maximum atomic E-state index is 5.60. The number of anilines is 1. The van der Waals surface area contributed by atoms with Crippen molar-refractivity contribution < 1.29 is 9.47 Å². The fourth-order valence-electron chi connectivity index (χ4n) is 1.69. The van der Waals surface area contributed by atoms with Crippen LogP contribution in [0.2, 0.25) is 0 Å². The smallest absolute Gasteiger partial charge is 0.219 e. The minimum atomic E-state index is 0.474. The second kappa shape index (κ2) is 7.45. The number of hydrogen-bond acceptors (Lipinski definition) is 5. The van der Waals surface area contributed by atoms with Crippen molar-refractivity contribution in [2.45, 2.75) is 6.92 Å². The van der Waals surface area contributed by atoms with Crippen molar-refractivity contribution in [3.8, 4) is 17.3 Å². The van der Waals surface area contributed by atoms with E-state index in [9.17, 15) is 0 Å². The van der Waals surface area contributed by atoms with Crippen molar-refractivity contribution >= 4 is 5.82 Å². The van der Waals surface area contributed by atoms with Crippen LogP contribution in [-0.2, 0) is 4.74 Å². The van der Waals surface area contributed by atoms with Crippen molar-refractivity contribution in [1.82, 2.24) is 9.97 Å². The van der Waals surface area contributed by atoms with E-state index in [-0.39, 0.29) is 0 Å². The summed E-state index contributed by atoms with van der Waals surface area (Å²) in [6, 6.07) is 11.6. The summed E-state index contributed by atoms with van der Waals surface area (Å²) in [7, 11) is 1.82. The molecule has 0 radical (unpaired) electrons. The first-order valence-corrected chi connectivity index (χ1v) is 6.66. The van der Waals surface area contributed by atoms with Crippen LogP contribution < -0.4 is 10.1 Å². The van der Waals surface area contributed by atoms with E-state index < -0.39 is 0 Å². The largest absolute Gasteiger partial charge is 0.475 e. The van der Waals surface area contributed by atoms with Crippen molar-refractivity contribution in [1.29, 1.82) is 0 Å². The fraction of sp³-hybridized carbons (Fsp3) is 0.333. The molecular formula is C15H19N3O2. The molecule has 0 aliphatic heterocycles. The zero-order valence-corrected chi connectivity index (χ0v) is 11.8. The van der Waals surface area contributed by atoms with Gasteiger partial charge in [-0.3, -0.25) is 0 Å². The van der Waals surface area contributed by atoms with Gasteiger partial charge in [-0.15, -0.1) is 0 Å². The minimum absolute atomic E-state index is 0.474. The maximum absolute atomic E-state index is 5.60. The van der Waals surface area contributed by atoms with Gasteiger partial charge in [0, 0.05) is 25.3 Å². The van der Waals surface area contributed by atoms with E-state index in [1.807, 2.05) is 44.3 Å². The van der Waals surface area contributed by atoms with E-state index in [1.165, 1.54) is 0 Å². The Bertz CT molecular complexity index is 532. The van der Waals surface area contributed by atoms with Crippen LogP contribution in [0.15, 0.2) is 36.4 Å². The van der Waals surface area contributed by atoms with Crippen molar-refractivity contribution in [2.75, 3.05) is 32.2 Å². The van der Waals surface area contributed by atoms with Gasteiger partial charge in [0.25, 0.3) is 0 Å². The van der Waals surface area contributed by atoms with Crippen molar-refractivity contribution in [3.63, 3.8) is 0 Å². The molecule has 106 valence electrons. The summed E-state index contributed by atoms with van der Waals surface area (Å²) in [6.45, 7) is 3.67. The van der Waals surface area contributed by atoms with Crippen molar-refractivity contribution in [2.24, 2.45) is 0 Å². The lowest BCUT2D eigenvalue weighted by Gasteiger charge is -2.09. The van der Waals surface area contributed by atoms with Gasteiger partial charge in [0.2, 0.25) is 5.88 Å². The van der Waals surface area contributed by atoms with Gasteiger partial charge in [-0.1, -0.05) is 30.3 Å². The number of rotatable bonds is 7. The van der Waals surface area contributed by atoms with Crippen LogP contribution in [0.5, 0.6) is 5.88 Å². The summed E-state index contributed by atoms with van der Waals surface area (Å²) in [5.74, 6) is 1.91. The van der Waals surface area contributed by atoms with Crippen LogP contribution >= 0.6 is 0 Å². The summed E-state index contributed by atoms with van der Waals surface area (Å²) in [5, 5.41) is 3.02. The van der Waals surface area contributed by atoms with Gasteiger partial charge in [-0.05, 0) is 6.92 Å². The fourth-order valence-corrected chi connectivity index (χ4v) is 1.69. The molecule has 0 atom stereocenters. The normalized spacial score (nSPS) is 10.3. The van der Waals surface area contributed by atoms with Gasteiger partial charge in [-0.25, -0.2) is 4.98 Å². The third-order valence-electron chi connectivity index (χ3n) is 2.67. The second-order valence-electron chi connectivity index (χ2n) is 4.08. The van der Waals surface area contributed by atoms with Crippen LogP contribution in [0.1, 0.15) is 6.92 Å². The summed E-state index contributed by atoms with van der Waals surface area (Å²) in [4.78, 5) is 8.85. The molecule has 1 aromatic carbocycles. The number of benzene rings is 1. The Morgan fingerprint density at radius 2 is 1.90 bits per heavy atom. The predicted molar refractivity (Wildman–Crippen MR) is 79.0 cm³/mol. The maximum Gasteiger partial charge on any atom is 0.219 e. The van der Waals surface area contributed by atoms with Gasteiger partial charge >= 0.3 is 0 Å². The van der Waals surface area contributed by atoms with Crippen LogP contribution in [0, 0.1) is 0 Å². The summed E-state index contributed by atoms with van der Waals surface area (Å²) in [5.41, 5.74) is 0.958. The number of aromatic nitrogens is 2. The summed E-state index contributed by atoms with van der Waals surface area (Å²) >= 11 is 0. The molecule has 0 fully saturated rings. The number of ether oxygens (including phenoxy) is 2. The van der Waals surface area contributed by atoms with E-state index in [0.717, 1.165) is 11.4 Å². The molecule has 0 unspecified atom stereocenters. The molecule has 20 heavy (non-hydrogen) atoms. The SMILES string of the molecule is CCOCCOc1cc(NC)nc(-c2ccccc2)n1. The lowest BCUT2D eigenvalue weighted by Crippen LogP contribution is -2.08. The highest BCUT2D eigenvalue weighted by Crippen LogP contribution is 2.20. The number of hydrogen-bond donors (Lipinski definition) is 1. The highest BCUT2D eigenvalue weighted by Gasteiger charge is 2.06. The standard InChI is InChI=1S/C15H19N3O2/c1-3-19-9-10-20-14-11-13(16-2)17-15(18-14)12-7-5-4-6-8-12/h4-8,11H,3,9-10H2,1-2H3,(H,16,17,18). The van der Waals surface area contributed by atoms with Crippen molar-refractivity contribution in [3.05, 3.63) is 36.4 Å². The molecule has 1 heterocycles. The molecule has 5 heteroatoms. The first kappa shape index (κ1) is 14.3. The highest BCUT2D eigenvalue weighted by atomic mass is 16.5. The molecule has 0 spiro atoms. The quantitative estimate of drug-likeness (QED) is 0.786. The molecule has 1 aromatic heterocycles. The Morgan fingerprint density at radius 3 is 2.60 bits per heavy atom. The zero-order valence-electron chi connectivity index (χ0n) is 11.8. The second-order valence-corrected chi connectivity index (χ2v) is 4.08. The Balaban J connectivity index is 2.16. The molecule has 0 amide bonds. The molecule has 5 nitrogen and oxygen atoms in total. The van der Waals surface area contributed by atoms with Gasteiger partial charge in [0.15, 0.2) is 5.82 Å². The summed E-state index contributed by atoms with van der Waals surface area (Å²) in [6.07, 6.45) is 0. The van der Waals surface area contributed by atoms with Crippen LogP contribution in [-0.4, -0.2) is 36.8 Å². The lowest BCUT2D eigenvalue weighted by atomic mass is 10.2. The van der Waals surface area contributed by atoms with Crippen LogP contribution in [0.4, 0.5) is 5.82 Å². The van der Waals surface area contributed by atoms with Gasteiger partial charge in [-0.2, -0.15) is 4.98 Å². The van der Waals surface area contributed by atoms with Crippen LogP contribution in [0.3, 0.4) is 0 Å². The van der Waals surface area contributed by atoms with Gasteiger partial charge < -0.3 is 14.8 Å². The van der Waals surface area contributed by atoms with E-state index >= 15 is 0 Å². The molecule has 1 N–H and O–H groups in total. The Labute approximate surface area is 119 Å². The molecular weight excluding hydrogens is 254 g/mol. The molecule has 2 rings (SSSR count). The number of nitrogens with one attached hydrogen (secondary N) is 1. The highest BCUT2D eigenvalue weighted by molar-refractivity contribution is 5.58. The zero-order chi connectivity index (χ0) is 14.2. The third-order valence-corrected chi connectivity index (χ3v) is 2.67. The predicted octanol–water partition coefficient (Wildman–Crippen LogP) is 2.60. The lowest BCUT2D eigenvalue weighted by molar-refractivity contribution is 0.108. The Kier molecular flexibility index (Phi) is 5.32. The first-order valence-electron chi connectivity index (χ1n) is 6.66.